The summed E-state index contributed by atoms with van der Waals surface area (Å²) in [6.07, 6.45) is 2.10. The minimum Gasteiger partial charge on any atom is -0.384 e. The van der Waals surface area contributed by atoms with E-state index in [1.807, 2.05) is 25.5 Å². The molecule has 0 bridgehead atoms. The van der Waals surface area contributed by atoms with E-state index in [1.54, 1.807) is 7.11 Å². The third kappa shape index (κ3) is 5.97. The molecule has 8 heteroatoms. The lowest BCUT2D eigenvalue weighted by atomic mass is 10.1. The normalized spacial score (nSPS) is 18.2. The molecule has 1 atom stereocenters. The fourth-order valence-electron chi connectivity index (χ4n) is 2.92. The number of hydrogen-bond donors (Lipinski definition) is 1. The third-order valence-corrected chi connectivity index (χ3v) is 4.49. The zero-order chi connectivity index (χ0) is 18.1. The number of guanidine groups is 1. The molecular formula is C17H32N6O2. The molecule has 1 aromatic rings. The number of hydrogen-bond acceptors (Lipinski definition) is 5. The molecular weight excluding hydrogens is 320 g/mol. The van der Waals surface area contributed by atoms with Crippen LogP contribution in [0.1, 0.15) is 31.4 Å². The summed E-state index contributed by atoms with van der Waals surface area (Å²) < 4.78 is 12.7. The Morgan fingerprint density at radius 2 is 2.24 bits per heavy atom. The number of nitrogens with zero attached hydrogens (tertiary/aromatic N) is 5. The van der Waals surface area contributed by atoms with E-state index >= 15 is 0 Å². The molecule has 0 aromatic carbocycles. The molecule has 1 aliphatic rings. The molecule has 2 heterocycles. The minimum absolute atomic E-state index is 0.524. The van der Waals surface area contributed by atoms with Gasteiger partial charge in [0.15, 0.2) is 11.8 Å². The molecule has 1 N–H and O–H groups in total. The molecule has 1 aromatic heterocycles. The monoisotopic (exact) mass is 352 g/mol. The van der Waals surface area contributed by atoms with Crippen molar-refractivity contribution in [3.63, 3.8) is 0 Å². The van der Waals surface area contributed by atoms with Crippen molar-refractivity contribution in [2.45, 2.75) is 33.2 Å². The number of aryl methyl sites for hydroxylation is 1. The summed E-state index contributed by atoms with van der Waals surface area (Å²) in [4.78, 5) is 7.10. The van der Waals surface area contributed by atoms with Crippen LogP contribution in [0.5, 0.6) is 0 Å². The number of aliphatic imine (C=N–C) groups is 1. The largest absolute Gasteiger partial charge is 0.384 e. The number of aromatic nitrogens is 3. The molecule has 1 saturated heterocycles. The molecule has 2 rings (SSSR count). The molecule has 1 fully saturated rings. The Morgan fingerprint density at radius 1 is 1.40 bits per heavy atom. The topological polar surface area (TPSA) is 76.8 Å². The van der Waals surface area contributed by atoms with Gasteiger partial charge in [0.05, 0.1) is 6.61 Å². The Balaban J connectivity index is 1.96. The van der Waals surface area contributed by atoms with Gasteiger partial charge in [-0.25, -0.2) is 4.99 Å². The van der Waals surface area contributed by atoms with E-state index in [2.05, 4.69) is 20.4 Å². The molecule has 1 aliphatic heterocycles. The highest BCUT2D eigenvalue weighted by molar-refractivity contribution is 5.80. The van der Waals surface area contributed by atoms with Gasteiger partial charge in [0.2, 0.25) is 0 Å². The average Bonchev–Trinajstić information content (AvgIpc) is 3.19. The average molecular weight is 352 g/mol. The zero-order valence-corrected chi connectivity index (χ0v) is 16.0. The van der Waals surface area contributed by atoms with Crippen LogP contribution < -0.4 is 5.32 Å². The highest BCUT2D eigenvalue weighted by Crippen LogP contribution is 2.16. The highest BCUT2D eigenvalue weighted by atomic mass is 16.5. The van der Waals surface area contributed by atoms with Crippen molar-refractivity contribution in [3.8, 4) is 0 Å². The quantitative estimate of drug-likeness (QED) is 0.405. The van der Waals surface area contributed by atoms with Gasteiger partial charge in [0.25, 0.3) is 0 Å². The first-order valence-corrected chi connectivity index (χ1v) is 9.10. The van der Waals surface area contributed by atoms with Crippen LogP contribution in [0.25, 0.3) is 0 Å². The Bertz CT molecular complexity index is 545. The second-order valence-corrected chi connectivity index (χ2v) is 6.40. The van der Waals surface area contributed by atoms with Gasteiger partial charge >= 0.3 is 0 Å². The van der Waals surface area contributed by atoms with E-state index in [0.29, 0.717) is 12.5 Å². The summed E-state index contributed by atoms with van der Waals surface area (Å²) in [7, 11) is 3.74. The van der Waals surface area contributed by atoms with Crippen LogP contribution in [0.2, 0.25) is 0 Å². The standard InChI is InChI=1S/C17H32N6O2/c1-5-25-10-6-8-18-17(23-9-7-15(12-23)13-24-4)19-11-16-21-20-14(2)22(16)3/h15H,5-13H2,1-4H3,(H,18,19). The van der Waals surface area contributed by atoms with Gasteiger partial charge in [-0.1, -0.05) is 0 Å². The highest BCUT2D eigenvalue weighted by Gasteiger charge is 2.24. The van der Waals surface area contributed by atoms with Gasteiger partial charge in [-0.2, -0.15) is 0 Å². The fraction of sp³-hybridized carbons (Fsp3) is 0.824. The maximum Gasteiger partial charge on any atom is 0.194 e. The van der Waals surface area contributed by atoms with Crippen molar-refractivity contribution in [1.29, 1.82) is 0 Å². The second kappa shape index (κ2) is 10.4. The van der Waals surface area contributed by atoms with Gasteiger partial charge in [0, 0.05) is 52.9 Å². The van der Waals surface area contributed by atoms with E-state index in [1.165, 1.54) is 0 Å². The van der Waals surface area contributed by atoms with Crippen LogP contribution in [-0.4, -0.2) is 72.2 Å². The van der Waals surface area contributed by atoms with Crippen LogP contribution in [0, 0.1) is 12.8 Å². The predicted octanol–water partition coefficient (Wildman–Crippen LogP) is 0.964. The van der Waals surface area contributed by atoms with Crippen LogP contribution in [0.4, 0.5) is 0 Å². The van der Waals surface area contributed by atoms with Gasteiger partial charge in [0.1, 0.15) is 12.4 Å². The Labute approximate surface area is 150 Å². The predicted molar refractivity (Wildman–Crippen MR) is 97.5 cm³/mol. The van der Waals surface area contributed by atoms with E-state index in [-0.39, 0.29) is 0 Å². The Morgan fingerprint density at radius 3 is 2.92 bits per heavy atom. The number of likely N-dealkylation sites (tertiary alicyclic amines) is 1. The fourth-order valence-corrected chi connectivity index (χ4v) is 2.92. The maximum atomic E-state index is 5.41. The number of methoxy groups -OCH3 is 1. The molecule has 0 amide bonds. The molecule has 0 aliphatic carbocycles. The zero-order valence-electron chi connectivity index (χ0n) is 16.0. The van der Waals surface area contributed by atoms with Crippen LogP contribution in [-0.2, 0) is 23.1 Å². The molecule has 0 spiro atoms. The van der Waals surface area contributed by atoms with Gasteiger partial charge in [-0.05, 0) is 26.7 Å². The van der Waals surface area contributed by atoms with E-state index in [4.69, 9.17) is 14.5 Å². The SMILES string of the molecule is CCOCCCNC(=NCc1nnc(C)n1C)N1CCC(COC)C1. The van der Waals surface area contributed by atoms with Crippen LogP contribution >= 0.6 is 0 Å². The second-order valence-electron chi connectivity index (χ2n) is 6.40. The molecule has 1 unspecified atom stereocenters. The first-order chi connectivity index (χ1) is 12.2. The third-order valence-electron chi connectivity index (χ3n) is 4.49. The number of ether oxygens (including phenoxy) is 2. The molecule has 0 radical (unpaired) electrons. The molecule has 8 nitrogen and oxygen atoms in total. The van der Waals surface area contributed by atoms with Crippen molar-refractivity contribution >= 4 is 5.96 Å². The summed E-state index contributed by atoms with van der Waals surface area (Å²) in [5.41, 5.74) is 0. The minimum atomic E-state index is 0.524. The first kappa shape index (κ1) is 19.7. The summed E-state index contributed by atoms with van der Waals surface area (Å²) in [6.45, 7) is 9.65. The van der Waals surface area contributed by atoms with E-state index in [0.717, 1.165) is 69.9 Å². The summed E-state index contributed by atoms with van der Waals surface area (Å²) in [5, 5.41) is 11.8. The van der Waals surface area contributed by atoms with Crippen molar-refractivity contribution in [2.24, 2.45) is 18.0 Å². The summed E-state index contributed by atoms with van der Waals surface area (Å²) in [6, 6.07) is 0. The van der Waals surface area contributed by atoms with E-state index in [9.17, 15) is 0 Å². The lowest BCUT2D eigenvalue weighted by Gasteiger charge is -2.22. The van der Waals surface area contributed by atoms with Gasteiger partial charge in [-0.15, -0.1) is 10.2 Å². The van der Waals surface area contributed by atoms with Crippen LogP contribution in [0.3, 0.4) is 0 Å². The lowest BCUT2D eigenvalue weighted by molar-refractivity contribution is 0.145. The Kier molecular flexibility index (Phi) is 8.14. The van der Waals surface area contributed by atoms with Gasteiger partial charge in [-0.3, -0.25) is 0 Å². The molecule has 142 valence electrons. The van der Waals surface area contributed by atoms with Gasteiger partial charge < -0.3 is 24.3 Å². The first-order valence-electron chi connectivity index (χ1n) is 9.10. The summed E-state index contributed by atoms with van der Waals surface area (Å²) >= 11 is 0. The summed E-state index contributed by atoms with van der Waals surface area (Å²) in [5.74, 6) is 3.28. The smallest absolute Gasteiger partial charge is 0.194 e. The van der Waals surface area contributed by atoms with Crippen molar-refractivity contribution < 1.29 is 9.47 Å². The maximum absolute atomic E-state index is 5.41. The molecule has 0 saturated carbocycles. The van der Waals surface area contributed by atoms with Crippen molar-refractivity contribution in [2.75, 3.05) is 46.6 Å². The number of rotatable bonds is 9. The number of nitrogens with one attached hydrogen (secondary N) is 1. The van der Waals surface area contributed by atoms with Crippen molar-refractivity contribution in [3.05, 3.63) is 11.6 Å². The van der Waals surface area contributed by atoms with Crippen LogP contribution in [0.15, 0.2) is 4.99 Å². The lowest BCUT2D eigenvalue weighted by Crippen LogP contribution is -2.41. The van der Waals surface area contributed by atoms with E-state index < -0.39 is 0 Å². The molecule has 25 heavy (non-hydrogen) atoms. The van der Waals surface area contributed by atoms with Crippen molar-refractivity contribution in [1.82, 2.24) is 25.0 Å². The Hall–Kier alpha value is -1.67.